The third-order valence-electron chi connectivity index (χ3n) is 5.16. The highest BCUT2D eigenvalue weighted by Crippen LogP contribution is 2.28. The zero-order valence-electron chi connectivity index (χ0n) is 15.6. The molecule has 27 heavy (non-hydrogen) atoms. The molecule has 146 valence electrons. The third kappa shape index (κ3) is 4.59. The van der Waals surface area contributed by atoms with Gasteiger partial charge in [-0.15, -0.1) is 11.3 Å². The lowest BCUT2D eigenvalue weighted by atomic mass is 9.98. The molecule has 0 amide bonds. The van der Waals surface area contributed by atoms with Gasteiger partial charge in [0.2, 0.25) is 0 Å². The minimum Gasteiger partial charge on any atom is -0.426 e. The van der Waals surface area contributed by atoms with E-state index < -0.39 is 10.0 Å². The summed E-state index contributed by atoms with van der Waals surface area (Å²) in [6, 6.07) is 11.0. The van der Waals surface area contributed by atoms with Crippen molar-refractivity contribution in [3.05, 3.63) is 47.3 Å². The number of sulfonamides is 1. The van der Waals surface area contributed by atoms with E-state index in [1.165, 1.54) is 21.2 Å². The summed E-state index contributed by atoms with van der Waals surface area (Å²) in [6.07, 6.45) is 2.02. The summed E-state index contributed by atoms with van der Waals surface area (Å²) in [6.45, 7) is 4.99. The first kappa shape index (κ1) is 20.0. The van der Waals surface area contributed by atoms with Crippen LogP contribution in [0.1, 0.15) is 44.6 Å². The van der Waals surface area contributed by atoms with Crippen LogP contribution in [0, 0.1) is 5.92 Å². The van der Waals surface area contributed by atoms with Gasteiger partial charge in [-0.1, -0.05) is 32.0 Å². The summed E-state index contributed by atoms with van der Waals surface area (Å²) in [5.74, 6) is 0.471. The van der Waals surface area contributed by atoms with Crippen molar-refractivity contribution in [3.63, 3.8) is 0 Å². The minimum atomic E-state index is -3.44. The lowest BCUT2D eigenvalue weighted by Crippen LogP contribution is -2.40. The number of esters is 1. The Morgan fingerprint density at radius 2 is 1.89 bits per heavy atom. The lowest BCUT2D eigenvalue weighted by molar-refractivity contribution is -0.140. The first-order valence-corrected chi connectivity index (χ1v) is 11.6. The van der Waals surface area contributed by atoms with E-state index in [1.54, 1.807) is 17.5 Å². The summed E-state index contributed by atoms with van der Waals surface area (Å²) in [5, 5.41) is 1.75. The topological polar surface area (TPSA) is 63.7 Å². The summed E-state index contributed by atoms with van der Waals surface area (Å²) >= 11 is 1.22. The Bertz CT molecular complexity index is 852. The van der Waals surface area contributed by atoms with Crippen LogP contribution in [-0.4, -0.2) is 31.8 Å². The zero-order valence-corrected chi connectivity index (χ0v) is 17.3. The molecule has 3 rings (SSSR count). The molecule has 1 aliphatic heterocycles. The molecule has 0 aliphatic carbocycles. The van der Waals surface area contributed by atoms with Gasteiger partial charge in [-0.3, -0.25) is 4.79 Å². The highest BCUT2D eigenvalue weighted by atomic mass is 32.2. The molecule has 1 aliphatic rings. The molecule has 2 heterocycles. The maximum atomic E-state index is 12.5. The van der Waals surface area contributed by atoms with Crippen molar-refractivity contribution < 1.29 is 17.9 Å². The Kier molecular flexibility index (Phi) is 6.34. The summed E-state index contributed by atoms with van der Waals surface area (Å²) in [5.41, 5.74) is 1.23. The van der Waals surface area contributed by atoms with Gasteiger partial charge in [-0.25, -0.2) is 8.42 Å². The molecule has 1 fully saturated rings. The van der Waals surface area contributed by atoms with Crippen LogP contribution >= 0.6 is 11.3 Å². The van der Waals surface area contributed by atoms with Crippen molar-refractivity contribution in [1.82, 2.24) is 4.31 Å². The average Bonchev–Trinajstić information content (AvgIpc) is 3.24. The van der Waals surface area contributed by atoms with E-state index in [0.717, 1.165) is 6.42 Å². The molecule has 0 bridgehead atoms. The molecule has 0 radical (unpaired) electrons. The smallest absolute Gasteiger partial charge is 0.314 e. The molecule has 2 aromatic rings. The van der Waals surface area contributed by atoms with Crippen LogP contribution in [0.4, 0.5) is 0 Å². The van der Waals surface area contributed by atoms with Crippen molar-refractivity contribution >= 4 is 27.3 Å². The number of ether oxygens (including phenoxy) is 1. The van der Waals surface area contributed by atoms with Gasteiger partial charge in [0.05, 0.1) is 5.92 Å². The fraction of sp³-hybridized carbons (Fsp3) is 0.450. The Morgan fingerprint density at radius 3 is 2.44 bits per heavy atom. The van der Waals surface area contributed by atoms with Gasteiger partial charge in [0.25, 0.3) is 10.0 Å². The van der Waals surface area contributed by atoms with Crippen molar-refractivity contribution in [2.45, 2.75) is 43.2 Å². The lowest BCUT2D eigenvalue weighted by Gasteiger charge is -2.29. The molecule has 5 nitrogen and oxygen atoms in total. The normalized spacial score (nSPS) is 17.6. The fourth-order valence-electron chi connectivity index (χ4n) is 3.17. The van der Waals surface area contributed by atoms with Crippen LogP contribution in [0.3, 0.4) is 0 Å². The largest absolute Gasteiger partial charge is 0.426 e. The first-order chi connectivity index (χ1) is 12.9. The molecule has 0 spiro atoms. The third-order valence-corrected chi connectivity index (χ3v) is 8.43. The summed E-state index contributed by atoms with van der Waals surface area (Å²) in [7, 11) is -3.44. The highest BCUT2D eigenvalue weighted by molar-refractivity contribution is 7.91. The van der Waals surface area contributed by atoms with Crippen LogP contribution in [0.25, 0.3) is 0 Å². The van der Waals surface area contributed by atoms with E-state index in [0.29, 0.717) is 41.8 Å². The van der Waals surface area contributed by atoms with Crippen LogP contribution < -0.4 is 4.74 Å². The molecular formula is C20H25NO4S2. The zero-order chi connectivity index (χ0) is 19.4. The highest BCUT2D eigenvalue weighted by Gasteiger charge is 2.33. The Labute approximate surface area is 165 Å². The van der Waals surface area contributed by atoms with Gasteiger partial charge in [0.1, 0.15) is 9.96 Å². The Morgan fingerprint density at radius 1 is 1.22 bits per heavy atom. The predicted octanol–water partition coefficient (Wildman–Crippen LogP) is 4.27. The molecular weight excluding hydrogens is 382 g/mol. The van der Waals surface area contributed by atoms with Gasteiger partial charge >= 0.3 is 5.97 Å². The van der Waals surface area contributed by atoms with Crippen molar-refractivity contribution in [2.75, 3.05) is 13.1 Å². The van der Waals surface area contributed by atoms with Crippen LogP contribution in [0.15, 0.2) is 46.0 Å². The van der Waals surface area contributed by atoms with Crippen molar-refractivity contribution in [2.24, 2.45) is 5.92 Å². The molecule has 1 atom stereocenters. The SMILES string of the molecule is CC[C@@H](C)c1ccc(OC(=O)C2CCN(S(=O)(=O)c3cccs3)CC2)cc1. The Hall–Kier alpha value is -1.70. The average molecular weight is 408 g/mol. The van der Waals surface area contributed by atoms with E-state index >= 15 is 0 Å². The molecule has 7 heteroatoms. The maximum Gasteiger partial charge on any atom is 0.314 e. The fourth-order valence-corrected chi connectivity index (χ4v) is 5.78. The molecule has 0 N–H and O–H groups in total. The van der Waals surface area contributed by atoms with Crippen molar-refractivity contribution in [1.29, 1.82) is 0 Å². The second kappa shape index (κ2) is 8.54. The van der Waals surface area contributed by atoms with Gasteiger partial charge < -0.3 is 4.74 Å². The number of piperidine rings is 1. The number of hydrogen-bond donors (Lipinski definition) is 0. The van der Waals surface area contributed by atoms with Crippen molar-refractivity contribution in [3.8, 4) is 5.75 Å². The molecule has 0 unspecified atom stereocenters. The van der Waals surface area contributed by atoms with E-state index in [4.69, 9.17) is 4.74 Å². The molecule has 1 saturated heterocycles. The number of hydrogen-bond acceptors (Lipinski definition) is 5. The quantitative estimate of drug-likeness (QED) is 0.530. The second-order valence-electron chi connectivity index (χ2n) is 6.91. The standard InChI is InChI=1S/C20H25NO4S2/c1-3-15(2)16-6-8-18(9-7-16)25-20(22)17-10-12-21(13-11-17)27(23,24)19-5-4-14-26-19/h4-9,14-15,17H,3,10-13H2,1-2H3/t15-/m1/s1. The van der Waals surface area contributed by atoms with Crippen LogP contribution in [-0.2, 0) is 14.8 Å². The van der Waals surface area contributed by atoms with Crippen LogP contribution in [0.2, 0.25) is 0 Å². The number of benzene rings is 1. The molecule has 1 aromatic heterocycles. The monoisotopic (exact) mass is 407 g/mol. The summed E-state index contributed by atoms with van der Waals surface area (Å²) < 4.78 is 32.4. The summed E-state index contributed by atoms with van der Waals surface area (Å²) in [4.78, 5) is 12.4. The predicted molar refractivity (Wildman–Crippen MR) is 107 cm³/mol. The minimum absolute atomic E-state index is 0.269. The molecule has 1 aromatic carbocycles. The van der Waals surface area contributed by atoms with Gasteiger partial charge in [0.15, 0.2) is 0 Å². The first-order valence-electron chi connectivity index (χ1n) is 9.27. The Balaban J connectivity index is 1.56. The number of thiophene rings is 1. The van der Waals surface area contributed by atoms with Gasteiger partial charge in [-0.05, 0) is 54.3 Å². The van der Waals surface area contributed by atoms with E-state index in [-0.39, 0.29) is 11.9 Å². The van der Waals surface area contributed by atoms with E-state index in [1.807, 2.05) is 24.3 Å². The maximum absolute atomic E-state index is 12.5. The number of rotatable bonds is 6. The second-order valence-corrected chi connectivity index (χ2v) is 10.0. The van der Waals surface area contributed by atoms with Crippen LogP contribution in [0.5, 0.6) is 5.75 Å². The number of nitrogens with zero attached hydrogens (tertiary/aromatic N) is 1. The number of carbonyl (C=O) groups excluding carboxylic acids is 1. The van der Waals surface area contributed by atoms with E-state index in [9.17, 15) is 13.2 Å². The van der Waals surface area contributed by atoms with E-state index in [2.05, 4.69) is 13.8 Å². The molecule has 0 saturated carbocycles. The van der Waals surface area contributed by atoms with Gasteiger partial charge in [0, 0.05) is 13.1 Å². The van der Waals surface area contributed by atoms with Gasteiger partial charge in [-0.2, -0.15) is 4.31 Å². The number of carbonyl (C=O) groups is 1.